The van der Waals surface area contributed by atoms with Crippen molar-refractivity contribution in [2.45, 2.75) is 13.8 Å². The third-order valence-corrected chi connectivity index (χ3v) is 3.95. The highest BCUT2D eigenvalue weighted by Crippen LogP contribution is 2.36. The minimum atomic E-state index is -0.948. The van der Waals surface area contributed by atoms with Gasteiger partial charge in [-0.05, 0) is 18.6 Å². The molecule has 3 N–H and O–H groups in total. The summed E-state index contributed by atoms with van der Waals surface area (Å²) in [6.45, 7) is 3.50. The Balaban J connectivity index is 2.23. The third kappa shape index (κ3) is 3.33. The summed E-state index contributed by atoms with van der Waals surface area (Å²) in [5.74, 6) is -1.38. The van der Waals surface area contributed by atoms with Crippen LogP contribution in [0.1, 0.15) is 12.5 Å². The van der Waals surface area contributed by atoms with Gasteiger partial charge in [-0.3, -0.25) is 14.9 Å². The van der Waals surface area contributed by atoms with Crippen molar-refractivity contribution >= 4 is 17.3 Å². The highest BCUT2D eigenvalue weighted by molar-refractivity contribution is 5.74. The molecule has 2 atom stereocenters. The van der Waals surface area contributed by atoms with E-state index in [1.807, 2.05) is 0 Å². The first-order chi connectivity index (χ1) is 10.7. The number of carboxylic acids is 1. The lowest BCUT2D eigenvalue weighted by atomic mass is 9.75. The number of ether oxygens (including phenoxy) is 1. The summed E-state index contributed by atoms with van der Waals surface area (Å²) in [4.78, 5) is 21.8. The van der Waals surface area contributed by atoms with Crippen molar-refractivity contribution < 1.29 is 19.6 Å². The van der Waals surface area contributed by atoms with Crippen molar-refractivity contribution in [2.75, 3.05) is 12.3 Å². The minimum absolute atomic E-state index is 0.0747. The number of nitrogen functional groups attached to an aromatic ring is 1. The van der Waals surface area contributed by atoms with E-state index < -0.39 is 22.2 Å². The summed E-state index contributed by atoms with van der Waals surface area (Å²) in [6, 6.07) is 2.85. The number of nitrogens with zero attached hydrogens (tertiary/aromatic N) is 1. The molecule has 7 heteroatoms. The van der Waals surface area contributed by atoms with Crippen LogP contribution in [0.2, 0.25) is 0 Å². The Morgan fingerprint density at radius 3 is 2.78 bits per heavy atom. The van der Waals surface area contributed by atoms with Crippen molar-refractivity contribution in [1.29, 1.82) is 0 Å². The zero-order chi connectivity index (χ0) is 17.2. The molecular formula is C16H18N2O5. The molecule has 2 unspecified atom stereocenters. The summed E-state index contributed by atoms with van der Waals surface area (Å²) in [5.41, 5.74) is 5.35. The van der Waals surface area contributed by atoms with E-state index in [-0.39, 0.29) is 23.7 Å². The molecule has 0 aliphatic heterocycles. The molecular weight excluding hydrogens is 300 g/mol. The van der Waals surface area contributed by atoms with Crippen molar-refractivity contribution in [3.8, 4) is 5.75 Å². The van der Waals surface area contributed by atoms with Crippen LogP contribution in [-0.4, -0.2) is 22.6 Å². The summed E-state index contributed by atoms with van der Waals surface area (Å²) >= 11 is 0. The van der Waals surface area contributed by atoms with Crippen LogP contribution < -0.4 is 10.5 Å². The fraction of sp³-hybridized carbons (Fsp3) is 0.312. The van der Waals surface area contributed by atoms with E-state index in [1.165, 1.54) is 6.07 Å². The van der Waals surface area contributed by atoms with Gasteiger partial charge < -0.3 is 15.6 Å². The summed E-state index contributed by atoms with van der Waals surface area (Å²) in [6.07, 6.45) is 6.81. The van der Waals surface area contributed by atoms with E-state index in [1.54, 1.807) is 44.2 Å². The molecule has 7 nitrogen and oxygen atoms in total. The number of allylic oxidation sites excluding steroid dienone is 2. The van der Waals surface area contributed by atoms with E-state index >= 15 is 0 Å². The van der Waals surface area contributed by atoms with Gasteiger partial charge in [0, 0.05) is 5.41 Å². The first kappa shape index (κ1) is 16.5. The number of carbonyl (C=O) groups is 1. The summed E-state index contributed by atoms with van der Waals surface area (Å²) in [7, 11) is 0. The maximum Gasteiger partial charge on any atom is 0.311 e. The molecule has 1 aliphatic rings. The lowest BCUT2D eigenvalue weighted by Gasteiger charge is -2.32. The molecule has 2 rings (SSSR count). The van der Waals surface area contributed by atoms with E-state index in [4.69, 9.17) is 10.5 Å². The molecule has 0 radical (unpaired) electrons. The number of nitrogens with two attached hydrogens (primary N) is 1. The predicted molar refractivity (Wildman–Crippen MR) is 85.3 cm³/mol. The molecule has 122 valence electrons. The second kappa shape index (κ2) is 6.12. The number of nitro groups is 1. The van der Waals surface area contributed by atoms with Gasteiger partial charge in [0.15, 0.2) is 0 Å². The van der Waals surface area contributed by atoms with E-state index in [9.17, 15) is 20.0 Å². The lowest BCUT2D eigenvalue weighted by molar-refractivity contribution is -0.384. The maximum absolute atomic E-state index is 11.4. The van der Waals surface area contributed by atoms with Crippen LogP contribution in [-0.2, 0) is 4.79 Å². The van der Waals surface area contributed by atoms with Crippen molar-refractivity contribution in [1.82, 2.24) is 0 Å². The van der Waals surface area contributed by atoms with Gasteiger partial charge >= 0.3 is 5.97 Å². The fourth-order valence-electron chi connectivity index (χ4n) is 2.50. The topological polar surface area (TPSA) is 116 Å². The molecule has 0 saturated heterocycles. The average Bonchev–Trinajstić information content (AvgIpc) is 2.48. The Kier molecular flexibility index (Phi) is 4.40. The molecule has 23 heavy (non-hydrogen) atoms. The molecule has 0 amide bonds. The predicted octanol–water partition coefficient (Wildman–Crippen LogP) is 2.70. The van der Waals surface area contributed by atoms with Crippen LogP contribution in [0.15, 0.2) is 36.4 Å². The third-order valence-electron chi connectivity index (χ3n) is 3.95. The Hall–Kier alpha value is -2.83. The highest BCUT2D eigenvalue weighted by atomic mass is 16.6. The Morgan fingerprint density at radius 1 is 1.48 bits per heavy atom. The Bertz CT molecular complexity index is 711. The van der Waals surface area contributed by atoms with E-state index in [0.717, 1.165) is 0 Å². The summed E-state index contributed by atoms with van der Waals surface area (Å²) in [5, 5.41) is 20.3. The summed E-state index contributed by atoms with van der Waals surface area (Å²) < 4.78 is 5.65. The number of hydrogen-bond acceptors (Lipinski definition) is 5. The molecule has 0 heterocycles. The first-order valence-electron chi connectivity index (χ1n) is 7.01. The smallest absolute Gasteiger partial charge is 0.311 e. The number of nitro benzene ring substituents is 1. The monoisotopic (exact) mass is 318 g/mol. The molecule has 0 spiro atoms. The van der Waals surface area contributed by atoms with E-state index in [0.29, 0.717) is 5.56 Å². The van der Waals surface area contributed by atoms with Crippen LogP contribution in [0.5, 0.6) is 5.75 Å². The zero-order valence-corrected chi connectivity index (χ0v) is 12.9. The standard InChI is InChI=1S/C16H18N2O5/c1-10-7-11(8-13(14(10)17)18(21)22)23-9-16(2)6-4-3-5-12(16)15(19)20/h3-8,12H,9,17H2,1-2H3,(H,19,20). The van der Waals surface area contributed by atoms with Gasteiger partial charge in [-0.2, -0.15) is 0 Å². The van der Waals surface area contributed by atoms with Gasteiger partial charge in [0.2, 0.25) is 0 Å². The normalized spacial score (nSPS) is 22.8. The van der Waals surface area contributed by atoms with Crippen molar-refractivity contribution in [2.24, 2.45) is 11.3 Å². The number of benzene rings is 1. The number of rotatable bonds is 5. The SMILES string of the molecule is Cc1cc(OCC2(C)C=CC=CC2C(=O)O)cc([N+](=O)[O-])c1N. The van der Waals surface area contributed by atoms with Gasteiger partial charge in [-0.1, -0.05) is 31.2 Å². The average molecular weight is 318 g/mol. The van der Waals surface area contributed by atoms with Gasteiger partial charge in [-0.25, -0.2) is 0 Å². The zero-order valence-electron chi connectivity index (χ0n) is 12.9. The van der Waals surface area contributed by atoms with Crippen molar-refractivity contribution in [3.63, 3.8) is 0 Å². The van der Waals surface area contributed by atoms with Gasteiger partial charge in [-0.15, -0.1) is 0 Å². The lowest BCUT2D eigenvalue weighted by Crippen LogP contribution is -2.36. The number of aliphatic carboxylic acids is 1. The number of hydrogen-bond donors (Lipinski definition) is 2. The molecule has 0 saturated carbocycles. The number of aryl methyl sites for hydroxylation is 1. The second-order valence-electron chi connectivity index (χ2n) is 5.78. The molecule has 1 aromatic rings. The first-order valence-corrected chi connectivity index (χ1v) is 7.01. The Labute approximate surface area is 133 Å². The maximum atomic E-state index is 11.4. The van der Waals surface area contributed by atoms with Crippen LogP contribution in [0.25, 0.3) is 0 Å². The van der Waals surface area contributed by atoms with E-state index in [2.05, 4.69) is 0 Å². The van der Waals surface area contributed by atoms with Gasteiger partial charge in [0.25, 0.3) is 5.69 Å². The fourth-order valence-corrected chi connectivity index (χ4v) is 2.50. The molecule has 0 bridgehead atoms. The number of anilines is 1. The molecule has 1 aliphatic carbocycles. The van der Waals surface area contributed by atoms with Crippen LogP contribution >= 0.6 is 0 Å². The molecule has 0 aromatic heterocycles. The van der Waals surface area contributed by atoms with Gasteiger partial charge in [0.1, 0.15) is 11.4 Å². The van der Waals surface area contributed by atoms with Crippen molar-refractivity contribution in [3.05, 3.63) is 52.1 Å². The largest absolute Gasteiger partial charge is 0.492 e. The second-order valence-corrected chi connectivity index (χ2v) is 5.78. The quantitative estimate of drug-likeness (QED) is 0.490. The molecule has 1 aromatic carbocycles. The van der Waals surface area contributed by atoms with Crippen LogP contribution in [0.4, 0.5) is 11.4 Å². The number of carboxylic acid groups (broad SMARTS) is 1. The highest BCUT2D eigenvalue weighted by Gasteiger charge is 2.37. The van der Waals surface area contributed by atoms with Crippen LogP contribution in [0.3, 0.4) is 0 Å². The Morgan fingerprint density at radius 2 is 2.17 bits per heavy atom. The molecule has 0 fully saturated rings. The minimum Gasteiger partial charge on any atom is -0.492 e. The van der Waals surface area contributed by atoms with Crippen LogP contribution in [0, 0.1) is 28.4 Å². The van der Waals surface area contributed by atoms with Gasteiger partial charge in [0.05, 0.1) is 23.5 Å².